The van der Waals surface area contributed by atoms with Gasteiger partial charge in [-0.3, -0.25) is 38.7 Å². The molecule has 1 aliphatic carbocycles. The summed E-state index contributed by atoms with van der Waals surface area (Å²) in [7, 11) is 3.38. The van der Waals surface area contributed by atoms with Gasteiger partial charge in [-0.2, -0.15) is 0 Å². The molecule has 0 spiro atoms. The normalized spacial score (nSPS) is 20.4. The van der Waals surface area contributed by atoms with Gasteiger partial charge in [0.1, 0.15) is 6.04 Å². The average molecular weight is 816 g/mol. The van der Waals surface area contributed by atoms with E-state index in [0.29, 0.717) is 53.4 Å². The topological polar surface area (TPSA) is 164 Å². The molecule has 3 N–H and O–H groups in total. The van der Waals surface area contributed by atoms with Crippen LogP contribution in [0.15, 0.2) is 71.8 Å². The number of piperidine rings is 2. The summed E-state index contributed by atoms with van der Waals surface area (Å²) in [5, 5.41) is 13.4. The minimum absolute atomic E-state index is 0.113. The largest absolute Gasteiger partial charge is 0.385 e. The summed E-state index contributed by atoms with van der Waals surface area (Å²) >= 11 is 0. The lowest BCUT2D eigenvalue weighted by Crippen LogP contribution is -2.47. The van der Waals surface area contributed by atoms with Gasteiger partial charge in [-0.05, 0) is 85.7 Å². The molecular weight excluding hydrogens is 773 g/mol. The Hall–Kier alpha value is -6.49. The smallest absolute Gasteiger partial charge is 0.329 e. The van der Waals surface area contributed by atoms with Gasteiger partial charge in [-0.15, -0.1) is 5.10 Å². The first kappa shape index (κ1) is 37.8. The molecule has 308 valence electrons. The zero-order valence-corrected chi connectivity index (χ0v) is 33.1. The predicted octanol–water partition coefficient (Wildman–Crippen LogP) is 4.68. The standard InChI is InChI=1S/C43H43F2N11O4/c1-46-31-20-37(51-56-36(21-48-39(31)56)41(59)49-26-7-8-26)54-17-13-28-27(4-3-5-32(28)54)30-18-24(12-15-47-30)22-53-16-14-29(43(44,45)23-53)25-6-9-33-35(19-25)52(2)42(60)55(33)34-10-11-38(57)50-40(34)58/h3-6,9,12,15,18-21,26,29,34,46H,7-8,10-11,13-14,16-17,22-23H2,1-2H3,(H,49,59)(H,50,57,58)/t29-,34?/m1/s1. The number of imidazole rings is 2. The number of hydrogen-bond donors (Lipinski definition) is 3. The van der Waals surface area contributed by atoms with Crippen LogP contribution >= 0.6 is 0 Å². The molecule has 2 aromatic carbocycles. The van der Waals surface area contributed by atoms with Gasteiger partial charge in [0.25, 0.3) is 11.8 Å². The third-order valence-corrected chi connectivity index (χ3v) is 12.4. The number of carbonyl (C=O) groups is 3. The number of alkyl halides is 2. The highest BCUT2D eigenvalue weighted by molar-refractivity contribution is 6.00. The number of benzene rings is 2. The summed E-state index contributed by atoms with van der Waals surface area (Å²) in [4.78, 5) is 63.8. The van der Waals surface area contributed by atoms with Crippen molar-refractivity contribution < 1.29 is 23.2 Å². The van der Waals surface area contributed by atoms with Crippen molar-refractivity contribution in [1.82, 2.24) is 44.2 Å². The van der Waals surface area contributed by atoms with Crippen molar-refractivity contribution in [2.75, 3.05) is 36.9 Å². The highest BCUT2D eigenvalue weighted by atomic mass is 19.3. The Morgan fingerprint density at radius 3 is 2.60 bits per heavy atom. The number of aryl methyl sites for hydroxylation is 1. The van der Waals surface area contributed by atoms with E-state index in [-0.39, 0.29) is 37.1 Å². The number of amides is 3. The van der Waals surface area contributed by atoms with Crippen LogP contribution in [0.2, 0.25) is 0 Å². The lowest BCUT2D eigenvalue weighted by Gasteiger charge is -2.38. The Morgan fingerprint density at radius 2 is 1.82 bits per heavy atom. The van der Waals surface area contributed by atoms with E-state index in [4.69, 9.17) is 10.1 Å². The zero-order chi connectivity index (χ0) is 41.4. The molecule has 10 rings (SSSR count). The maximum absolute atomic E-state index is 16.1. The van der Waals surface area contributed by atoms with Crippen LogP contribution in [0.4, 0.5) is 26.0 Å². The molecular formula is C43H43F2N11O4. The van der Waals surface area contributed by atoms with Crippen molar-refractivity contribution in [3.8, 4) is 11.3 Å². The second-order valence-electron chi connectivity index (χ2n) is 16.3. The molecule has 1 unspecified atom stereocenters. The number of aromatic nitrogens is 6. The number of anilines is 3. The van der Waals surface area contributed by atoms with Crippen LogP contribution in [-0.4, -0.2) is 90.0 Å². The molecule has 6 aromatic rings. The van der Waals surface area contributed by atoms with Crippen molar-refractivity contribution in [2.45, 2.75) is 69.0 Å². The van der Waals surface area contributed by atoms with Crippen molar-refractivity contribution in [3.05, 3.63) is 99.9 Å². The Morgan fingerprint density at radius 1 is 0.967 bits per heavy atom. The number of imide groups is 1. The van der Waals surface area contributed by atoms with Crippen LogP contribution in [0.1, 0.15) is 71.2 Å². The molecule has 17 heteroatoms. The molecule has 3 fully saturated rings. The monoisotopic (exact) mass is 815 g/mol. The maximum Gasteiger partial charge on any atom is 0.329 e. The lowest BCUT2D eigenvalue weighted by atomic mass is 9.85. The van der Waals surface area contributed by atoms with Gasteiger partial charge in [0, 0.05) is 63.2 Å². The van der Waals surface area contributed by atoms with Gasteiger partial charge >= 0.3 is 5.69 Å². The number of likely N-dealkylation sites (tertiary alicyclic amines) is 1. The average Bonchev–Trinajstić information content (AvgIpc) is 3.66. The summed E-state index contributed by atoms with van der Waals surface area (Å²) in [6.07, 6.45) is 6.47. The fourth-order valence-corrected chi connectivity index (χ4v) is 9.19. The number of pyridine rings is 1. The lowest BCUT2D eigenvalue weighted by molar-refractivity contribution is -0.135. The summed E-state index contributed by atoms with van der Waals surface area (Å²) in [6.45, 7) is 0.977. The Labute approximate surface area is 342 Å². The van der Waals surface area contributed by atoms with E-state index in [2.05, 4.69) is 25.8 Å². The van der Waals surface area contributed by atoms with E-state index < -0.39 is 36.0 Å². The third kappa shape index (κ3) is 6.47. The third-order valence-electron chi connectivity index (χ3n) is 12.4. The molecule has 4 aliphatic rings. The van der Waals surface area contributed by atoms with Crippen LogP contribution in [0, 0.1) is 0 Å². The van der Waals surface area contributed by atoms with Crippen LogP contribution in [0.5, 0.6) is 0 Å². The number of nitrogens with zero attached hydrogens (tertiary/aromatic N) is 8. The molecule has 2 atom stereocenters. The van der Waals surface area contributed by atoms with Gasteiger partial charge in [0.2, 0.25) is 11.8 Å². The molecule has 3 amide bonds. The SMILES string of the molecule is CNc1cc(N2CCc3c(-c4cc(CN5CC[C@H](c6ccc7c(c6)n(C)c(=O)n7C6CCC(=O)NC6=O)C(F)(F)C5)ccn4)cccc32)nn2c(C(=O)NC3CC3)cnc12. The van der Waals surface area contributed by atoms with Gasteiger partial charge < -0.3 is 15.5 Å². The number of carbonyl (C=O) groups excluding carboxylic acids is 3. The minimum Gasteiger partial charge on any atom is -0.385 e. The molecule has 15 nitrogen and oxygen atoms in total. The summed E-state index contributed by atoms with van der Waals surface area (Å²) in [6, 6.07) is 16.1. The maximum atomic E-state index is 16.1. The second kappa shape index (κ2) is 14.4. The van der Waals surface area contributed by atoms with Crippen molar-refractivity contribution >= 4 is 51.6 Å². The van der Waals surface area contributed by atoms with Crippen molar-refractivity contribution in [2.24, 2.45) is 7.05 Å². The van der Waals surface area contributed by atoms with E-state index in [1.165, 1.54) is 9.13 Å². The summed E-state index contributed by atoms with van der Waals surface area (Å²) < 4.78 is 36.6. The van der Waals surface area contributed by atoms with Crippen molar-refractivity contribution in [3.63, 3.8) is 0 Å². The van der Waals surface area contributed by atoms with Gasteiger partial charge in [-0.1, -0.05) is 18.2 Å². The first-order valence-electron chi connectivity index (χ1n) is 20.3. The van der Waals surface area contributed by atoms with Crippen LogP contribution in [0.25, 0.3) is 27.9 Å². The molecule has 4 aromatic heterocycles. The fraction of sp³-hybridized carbons (Fsp3) is 0.372. The molecule has 3 aliphatic heterocycles. The Kier molecular flexibility index (Phi) is 9.04. The van der Waals surface area contributed by atoms with Gasteiger partial charge in [0.05, 0.1) is 41.1 Å². The Balaban J connectivity index is 0.866. The number of halogens is 2. The van der Waals surface area contributed by atoms with Gasteiger partial charge in [-0.25, -0.2) is 23.1 Å². The van der Waals surface area contributed by atoms with Crippen LogP contribution in [0.3, 0.4) is 0 Å². The van der Waals surface area contributed by atoms with E-state index in [1.54, 1.807) is 47.1 Å². The van der Waals surface area contributed by atoms with E-state index >= 15 is 8.78 Å². The zero-order valence-electron chi connectivity index (χ0n) is 33.1. The highest BCUT2D eigenvalue weighted by Gasteiger charge is 2.45. The van der Waals surface area contributed by atoms with E-state index in [1.807, 2.05) is 43.4 Å². The van der Waals surface area contributed by atoms with Crippen LogP contribution < -0.4 is 26.5 Å². The summed E-state index contributed by atoms with van der Waals surface area (Å²) in [5.74, 6) is -4.58. The van der Waals surface area contributed by atoms with E-state index in [9.17, 15) is 19.2 Å². The number of hydrogen-bond acceptors (Lipinski definition) is 10. The number of rotatable bonds is 9. The quantitative estimate of drug-likeness (QED) is 0.175. The highest BCUT2D eigenvalue weighted by Crippen LogP contribution is 2.43. The summed E-state index contributed by atoms with van der Waals surface area (Å²) in [5.41, 5.74) is 7.26. The van der Waals surface area contributed by atoms with Crippen LogP contribution in [-0.2, 0) is 29.6 Å². The molecule has 0 bridgehead atoms. The first-order valence-corrected chi connectivity index (χ1v) is 20.3. The molecule has 7 heterocycles. The first-order chi connectivity index (χ1) is 29.0. The Bertz CT molecular complexity index is 2810. The van der Waals surface area contributed by atoms with E-state index in [0.717, 1.165) is 53.0 Å². The number of nitrogens with one attached hydrogen (secondary N) is 3. The second-order valence-corrected chi connectivity index (χ2v) is 16.3. The predicted molar refractivity (Wildman–Crippen MR) is 220 cm³/mol. The molecule has 60 heavy (non-hydrogen) atoms. The fourth-order valence-electron chi connectivity index (χ4n) is 9.19. The molecule has 2 saturated heterocycles. The molecule has 1 saturated carbocycles. The molecule has 0 radical (unpaired) electrons. The van der Waals surface area contributed by atoms with Gasteiger partial charge in [0.15, 0.2) is 17.2 Å². The van der Waals surface area contributed by atoms with Crippen molar-refractivity contribution in [1.29, 1.82) is 0 Å². The minimum atomic E-state index is -3.06. The number of fused-ring (bicyclic) bond motifs is 3.